The highest BCUT2D eigenvalue weighted by Crippen LogP contribution is 2.16. The molecular weight excluding hydrogens is 320 g/mol. The zero-order valence-corrected chi connectivity index (χ0v) is 15.6. The first kappa shape index (κ1) is 17.2. The van der Waals surface area contributed by atoms with Gasteiger partial charge in [0.2, 0.25) is 5.95 Å². The van der Waals surface area contributed by atoms with Crippen molar-refractivity contribution in [2.75, 3.05) is 31.1 Å². The third kappa shape index (κ3) is 4.08. The van der Waals surface area contributed by atoms with Crippen LogP contribution in [0.15, 0.2) is 5.38 Å². The van der Waals surface area contributed by atoms with E-state index in [0.29, 0.717) is 0 Å². The van der Waals surface area contributed by atoms with Crippen LogP contribution in [0.5, 0.6) is 0 Å². The minimum atomic E-state index is 0.787. The molecule has 24 heavy (non-hydrogen) atoms. The van der Waals surface area contributed by atoms with Gasteiger partial charge in [-0.25, -0.2) is 9.97 Å². The van der Waals surface area contributed by atoms with Crippen molar-refractivity contribution < 1.29 is 0 Å². The molecule has 0 aromatic carbocycles. The maximum absolute atomic E-state index is 4.76. The predicted octanol–water partition coefficient (Wildman–Crippen LogP) is 2.47. The lowest BCUT2D eigenvalue weighted by atomic mass is 10.2. The summed E-state index contributed by atoms with van der Waals surface area (Å²) in [5, 5.41) is 12.1. The molecule has 7 heteroatoms. The average molecular weight is 347 g/mol. The number of aryl methyl sites for hydroxylation is 3. The lowest BCUT2D eigenvalue weighted by Crippen LogP contribution is -2.32. The quantitative estimate of drug-likeness (QED) is 0.829. The summed E-state index contributed by atoms with van der Waals surface area (Å²) in [6.45, 7) is 11.3. The molecule has 0 saturated carbocycles. The molecule has 0 unspecified atom stereocenters. The first-order valence-electron chi connectivity index (χ1n) is 8.80. The third-order valence-corrected chi connectivity index (χ3v) is 5.24. The van der Waals surface area contributed by atoms with E-state index in [9.17, 15) is 0 Å². The maximum atomic E-state index is 4.76. The molecule has 3 heterocycles. The van der Waals surface area contributed by atoms with Crippen LogP contribution in [-0.4, -0.2) is 51.2 Å². The first-order chi connectivity index (χ1) is 11.7. The molecule has 0 bridgehead atoms. The fraction of sp³-hybridized carbons (Fsp3) is 0.647. The molecule has 1 aliphatic rings. The maximum Gasteiger partial charge on any atom is 0.245 e. The first-order valence-corrected chi connectivity index (χ1v) is 9.68. The average Bonchev–Trinajstić information content (AvgIpc) is 2.87. The molecule has 1 saturated heterocycles. The van der Waals surface area contributed by atoms with Crippen LogP contribution in [0.3, 0.4) is 0 Å². The largest absolute Gasteiger partial charge is 0.338 e. The van der Waals surface area contributed by atoms with Crippen molar-refractivity contribution >= 4 is 17.3 Å². The Morgan fingerprint density at radius 1 is 1.00 bits per heavy atom. The van der Waals surface area contributed by atoms with Crippen LogP contribution in [-0.2, 0) is 19.4 Å². The molecular formula is C17H26N6S. The Morgan fingerprint density at radius 2 is 1.83 bits per heavy atom. The zero-order valence-electron chi connectivity index (χ0n) is 14.8. The van der Waals surface area contributed by atoms with Crippen molar-refractivity contribution in [3.05, 3.63) is 27.5 Å². The van der Waals surface area contributed by atoms with Crippen molar-refractivity contribution in [2.24, 2.45) is 0 Å². The zero-order chi connectivity index (χ0) is 16.9. The van der Waals surface area contributed by atoms with E-state index in [-0.39, 0.29) is 0 Å². The molecule has 0 N–H and O–H groups in total. The van der Waals surface area contributed by atoms with E-state index in [0.717, 1.165) is 74.3 Å². The fourth-order valence-electron chi connectivity index (χ4n) is 3.10. The van der Waals surface area contributed by atoms with E-state index in [1.165, 1.54) is 5.69 Å². The fourth-order valence-corrected chi connectivity index (χ4v) is 3.71. The highest BCUT2D eigenvalue weighted by Gasteiger charge is 2.19. The number of rotatable bonds is 5. The number of anilines is 1. The van der Waals surface area contributed by atoms with E-state index in [1.54, 1.807) is 11.3 Å². The standard InChI is InChI=1S/C17H26N6S/c1-4-15-16(5-2)20-21-17(19-15)23-8-6-7-22(9-10-23)11-14-12-24-13(3)18-14/h12H,4-11H2,1-3H3. The van der Waals surface area contributed by atoms with Gasteiger partial charge in [-0.2, -0.15) is 5.10 Å². The van der Waals surface area contributed by atoms with Gasteiger partial charge in [-0.15, -0.1) is 16.4 Å². The van der Waals surface area contributed by atoms with Gasteiger partial charge in [0.05, 0.1) is 22.1 Å². The normalized spacial score (nSPS) is 16.4. The Morgan fingerprint density at radius 3 is 2.54 bits per heavy atom. The summed E-state index contributed by atoms with van der Waals surface area (Å²) in [5.74, 6) is 0.787. The second-order valence-corrected chi connectivity index (χ2v) is 7.25. The number of thiazole rings is 1. The Kier molecular flexibility index (Phi) is 5.73. The van der Waals surface area contributed by atoms with Gasteiger partial charge in [-0.1, -0.05) is 13.8 Å². The van der Waals surface area contributed by atoms with Gasteiger partial charge < -0.3 is 4.90 Å². The van der Waals surface area contributed by atoms with E-state index in [1.807, 2.05) is 0 Å². The number of hydrogen-bond donors (Lipinski definition) is 0. The lowest BCUT2D eigenvalue weighted by Gasteiger charge is -2.21. The van der Waals surface area contributed by atoms with Gasteiger partial charge in [0.25, 0.3) is 0 Å². The number of aromatic nitrogens is 4. The summed E-state index contributed by atoms with van der Waals surface area (Å²) in [6, 6.07) is 0. The second kappa shape index (κ2) is 7.98. The molecule has 6 nitrogen and oxygen atoms in total. The molecule has 0 radical (unpaired) electrons. The molecule has 1 fully saturated rings. The summed E-state index contributed by atoms with van der Waals surface area (Å²) in [5.41, 5.74) is 3.29. The molecule has 130 valence electrons. The van der Waals surface area contributed by atoms with Crippen LogP contribution in [0.25, 0.3) is 0 Å². The second-order valence-electron chi connectivity index (χ2n) is 6.19. The molecule has 0 amide bonds. The van der Waals surface area contributed by atoms with Gasteiger partial charge >= 0.3 is 0 Å². The van der Waals surface area contributed by atoms with Crippen LogP contribution < -0.4 is 4.90 Å². The van der Waals surface area contributed by atoms with Gasteiger partial charge in [0.15, 0.2) is 0 Å². The molecule has 3 rings (SSSR count). The third-order valence-electron chi connectivity index (χ3n) is 4.42. The van der Waals surface area contributed by atoms with Crippen molar-refractivity contribution in [3.63, 3.8) is 0 Å². The SMILES string of the molecule is CCc1nnc(N2CCCN(Cc3csc(C)n3)CC2)nc1CC. The molecule has 2 aromatic rings. The van der Waals surface area contributed by atoms with Crippen LogP contribution in [0.2, 0.25) is 0 Å². The van der Waals surface area contributed by atoms with Crippen molar-refractivity contribution in [2.45, 2.75) is 46.6 Å². The monoisotopic (exact) mass is 346 g/mol. The van der Waals surface area contributed by atoms with Gasteiger partial charge in [-0.05, 0) is 26.2 Å². The summed E-state index contributed by atoms with van der Waals surface area (Å²) in [6.07, 6.45) is 2.92. The van der Waals surface area contributed by atoms with Gasteiger partial charge in [0.1, 0.15) is 0 Å². The van der Waals surface area contributed by atoms with E-state index >= 15 is 0 Å². The lowest BCUT2D eigenvalue weighted by molar-refractivity contribution is 0.282. The van der Waals surface area contributed by atoms with E-state index < -0.39 is 0 Å². The number of nitrogens with zero attached hydrogens (tertiary/aromatic N) is 6. The van der Waals surface area contributed by atoms with Crippen LogP contribution >= 0.6 is 11.3 Å². The Labute approximate surface area is 148 Å². The molecule has 2 aromatic heterocycles. The molecule has 0 spiro atoms. The Bertz CT molecular complexity index is 671. The van der Waals surface area contributed by atoms with Gasteiger partial charge in [-0.3, -0.25) is 4.90 Å². The van der Waals surface area contributed by atoms with Crippen molar-refractivity contribution in [3.8, 4) is 0 Å². The molecule has 1 aliphatic heterocycles. The van der Waals surface area contributed by atoms with Crippen LogP contribution in [0.4, 0.5) is 5.95 Å². The summed E-state index contributed by atoms with van der Waals surface area (Å²) in [7, 11) is 0. The molecule has 0 atom stereocenters. The Hall–Kier alpha value is -1.60. The summed E-state index contributed by atoms with van der Waals surface area (Å²) >= 11 is 1.73. The van der Waals surface area contributed by atoms with E-state index in [4.69, 9.17) is 4.98 Å². The summed E-state index contributed by atoms with van der Waals surface area (Å²) < 4.78 is 0. The van der Waals surface area contributed by atoms with Crippen molar-refractivity contribution in [1.82, 2.24) is 25.1 Å². The minimum absolute atomic E-state index is 0.787. The summed E-state index contributed by atoms with van der Waals surface area (Å²) in [4.78, 5) is 14.1. The minimum Gasteiger partial charge on any atom is -0.338 e. The predicted molar refractivity (Wildman–Crippen MR) is 97.5 cm³/mol. The number of hydrogen-bond acceptors (Lipinski definition) is 7. The highest BCUT2D eigenvalue weighted by atomic mass is 32.1. The van der Waals surface area contributed by atoms with Crippen LogP contribution in [0, 0.1) is 6.92 Å². The van der Waals surface area contributed by atoms with Crippen molar-refractivity contribution in [1.29, 1.82) is 0 Å². The smallest absolute Gasteiger partial charge is 0.245 e. The topological polar surface area (TPSA) is 58.0 Å². The molecule has 0 aliphatic carbocycles. The van der Waals surface area contributed by atoms with Crippen LogP contribution in [0.1, 0.15) is 42.4 Å². The van der Waals surface area contributed by atoms with Gasteiger partial charge in [0, 0.05) is 38.1 Å². The van der Waals surface area contributed by atoms with E-state index in [2.05, 4.69) is 51.1 Å². The Balaban J connectivity index is 1.64. The highest BCUT2D eigenvalue weighted by molar-refractivity contribution is 7.09.